The number of esters is 1. The molecule has 0 aliphatic heterocycles. The average molecular weight is 289 g/mol. The van der Waals surface area contributed by atoms with Crippen LogP contribution in [0.5, 0.6) is 5.75 Å². The second-order valence-electron chi connectivity index (χ2n) is 4.60. The number of carbonyl (C=O) groups excluding carboxylic acids is 1. The number of benzene rings is 1. The molecule has 0 aliphatic rings. The summed E-state index contributed by atoms with van der Waals surface area (Å²) in [7, 11) is 2.98. The Balaban J connectivity index is 1.99. The van der Waals surface area contributed by atoms with E-state index in [-0.39, 0.29) is 11.8 Å². The van der Waals surface area contributed by atoms with Crippen LogP contribution in [0.15, 0.2) is 40.8 Å². The lowest BCUT2D eigenvalue weighted by atomic mass is 10.1. The minimum Gasteiger partial charge on any atom is -0.496 e. The fourth-order valence-electron chi connectivity index (χ4n) is 2.07. The molecule has 1 heterocycles. The van der Waals surface area contributed by atoms with Crippen LogP contribution in [0.3, 0.4) is 0 Å². The van der Waals surface area contributed by atoms with Crippen molar-refractivity contribution in [2.24, 2.45) is 0 Å². The number of nitrogens with one attached hydrogen (secondary N) is 1. The van der Waals surface area contributed by atoms with Gasteiger partial charge >= 0.3 is 5.97 Å². The van der Waals surface area contributed by atoms with E-state index in [1.165, 1.54) is 7.11 Å². The molecule has 0 bridgehead atoms. The van der Waals surface area contributed by atoms with Gasteiger partial charge in [-0.3, -0.25) is 0 Å². The highest BCUT2D eigenvalue weighted by molar-refractivity contribution is 5.86. The molecule has 21 heavy (non-hydrogen) atoms. The Morgan fingerprint density at radius 1 is 1.24 bits per heavy atom. The molecule has 1 aromatic heterocycles. The molecule has 1 N–H and O–H groups in total. The molecule has 5 nitrogen and oxygen atoms in total. The summed E-state index contributed by atoms with van der Waals surface area (Å²) in [4.78, 5) is 11.3. The number of carbonyl (C=O) groups is 1. The Morgan fingerprint density at radius 2 is 2.00 bits per heavy atom. The maximum absolute atomic E-state index is 11.3. The predicted molar refractivity (Wildman–Crippen MR) is 78.3 cm³/mol. The Kier molecular flexibility index (Phi) is 5.00. The van der Waals surface area contributed by atoms with E-state index in [4.69, 9.17) is 9.15 Å². The number of ether oxygens (including phenoxy) is 2. The van der Waals surface area contributed by atoms with E-state index in [0.717, 1.165) is 11.3 Å². The number of furan rings is 1. The summed E-state index contributed by atoms with van der Waals surface area (Å²) in [6, 6.07) is 11.3. The van der Waals surface area contributed by atoms with Crippen molar-refractivity contribution in [1.82, 2.24) is 5.32 Å². The number of methoxy groups -OCH3 is 2. The molecule has 5 heteroatoms. The number of hydrogen-bond acceptors (Lipinski definition) is 5. The number of para-hydroxylation sites is 1. The highest BCUT2D eigenvalue weighted by Gasteiger charge is 2.13. The molecule has 2 aromatic rings. The zero-order valence-corrected chi connectivity index (χ0v) is 12.4. The van der Waals surface area contributed by atoms with Gasteiger partial charge in [-0.1, -0.05) is 18.2 Å². The fraction of sp³-hybridized carbons (Fsp3) is 0.312. The van der Waals surface area contributed by atoms with Gasteiger partial charge in [0.2, 0.25) is 5.76 Å². The zero-order valence-electron chi connectivity index (χ0n) is 12.4. The topological polar surface area (TPSA) is 60.7 Å². The zero-order chi connectivity index (χ0) is 15.2. The maximum atomic E-state index is 11.3. The summed E-state index contributed by atoms with van der Waals surface area (Å²) in [5.41, 5.74) is 1.07. The molecule has 0 fully saturated rings. The van der Waals surface area contributed by atoms with Crippen LogP contribution < -0.4 is 10.1 Å². The molecule has 0 spiro atoms. The van der Waals surface area contributed by atoms with Crippen molar-refractivity contribution >= 4 is 5.97 Å². The fourth-order valence-corrected chi connectivity index (χ4v) is 2.07. The molecule has 0 radical (unpaired) electrons. The Labute approximate surface area is 123 Å². The third-order valence-corrected chi connectivity index (χ3v) is 3.24. The molecule has 2 rings (SSSR count). The van der Waals surface area contributed by atoms with Crippen molar-refractivity contribution in [3.8, 4) is 5.75 Å². The van der Waals surface area contributed by atoms with E-state index in [1.54, 1.807) is 19.2 Å². The Morgan fingerprint density at radius 3 is 2.71 bits per heavy atom. The van der Waals surface area contributed by atoms with Gasteiger partial charge in [-0.15, -0.1) is 0 Å². The first-order valence-corrected chi connectivity index (χ1v) is 6.69. The first kappa shape index (κ1) is 15.1. The largest absolute Gasteiger partial charge is 0.496 e. The SMILES string of the molecule is COC(=O)c1ccc(CNC(C)c2ccccc2OC)o1. The van der Waals surface area contributed by atoms with Crippen LogP contribution >= 0.6 is 0 Å². The molecule has 0 amide bonds. The minimum atomic E-state index is -0.473. The molecule has 112 valence electrons. The smallest absolute Gasteiger partial charge is 0.373 e. The van der Waals surface area contributed by atoms with Crippen LogP contribution in [-0.2, 0) is 11.3 Å². The van der Waals surface area contributed by atoms with E-state index in [9.17, 15) is 4.79 Å². The van der Waals surface area contributed by atoms with E-state index in [1.807, 2.05) is 31.2 Å². The summed E-state index contributed by atoms with van der Waals surface area (Å²) >= 11 is 0. The van der Waals surface area contributed by atoms with E-state index in [0.29, 0.717) is 12.3 Å². The van der Waals surface area contributed by atoms with Crippen molar-refractivity contribution in [3.05, 3.63) is 53.5 Å². The number of hydrogen-bond donors (Lipinski definition) is 1. The summed E-state index contributed by atoms with van der Waals surface area (Å²) in [5.74, 6) is 1.25. The summed E-state index contributed by atoms with van der Waals surface area (Å²) in [6.45, 7) is 2.55. The highest BCUT2D eigenvalue weighted by atomic mass is 16.5. The van der Waals surface area contributed by atoms with Crippen LogP contribution in [0.25, 0.3) is 0 Å². The van der Waals surface area contributed by atoms with E-state index >= 15 is 0 Å². The second-order valence-corrected chi connectivity index (χ2v) is 4.60. The molecular formula is C16H19NO4. The summed E-state index contributed by atoms with van der Waals surface area (Å²) < 4.78 is 15.4. The first-order valence-electron chi connectivity index (χ1n) is 6.69. The Hall–Kier alpha value is -2.27. The maximum Gasteiger partial charge on any atom is 0.373 e. The molecule has 0 saturated heterocycles. The molecule has 1 unspecified atom stereocenters. The van der Waals surface area contributed by atoms with Crippen LogP contribution in [0.4, 0.5) is 0 Å². The standard InChI is InChI=1S/C16H19NO4/c1-11(13-6-4-5-7-14(13)19-2)17-10-12-8-9-15(21-12)16(18)20-3/h4-9,11,17H,10H2,1-3H3. The van der Waals surface area contributed by atoms with E-state index < -0.39 is 5.97 Å². The van der Waals surface area contributed by atoms with Gasteiger partial charge in [0, 0.05) is 11.6 Å². The highest BCUT2D eigenvalue weighted by Crippen LogP contribution is 2.24. The van der Waals surface area contributed by atoms with Crippen LogP contribution in [-0.4, -0.2) is 20.2 Å². The molecule has 0 saturated carbocycles. The van der Waals surface area contributed by atoms with Gasteiger partial charge in [0.1, 0.15) is 11.5 Å². The van der Waals surface area contributed by atoms with Gasteiger partial charge in [-0.25, -0.2) is 4.79 Å². The third-order valence-electron chi connectivity index (χ3n) is 3.24. The van der Waals surface area contributed by atoms with Crippen molar-refractivity contribution < 1.29 is 18.7 Å². The average Bonchev–Trinajstić information content (AvgIpc) is 3.00. The second kappa shape index (κ2) is 6.95. The van der Waals surface area contributed by atoms with Gasteiger partial charge in [0.15, 0.2) is 0 Å². The van der Waals surface area contributed by atoms with Crippen molar-refractivity contribution in [2.75, 3.05) is 14.2 Å². The van der Waals surface area contributed by atoms with Crippen molar-refractivity contribution in [2.45, 2.75) is 19.5 Å². The lowest BCUT2D eigenvalue weighted by Gasteiger charge is -2.16. The molecule has 1 atom stereocenters. The molecular weight excluding hydrogens is 270 g/mol. The predicted octanol–water partition coefficient (Wildman–Crippen LogP) is 2.93. The van der Waals surface area contributed by atoms with Crippen LogP contribution in [0.1, 0.15) is 34.8 Å². The molecule has 0 aliphatic carbocycles. The Bertz CT molecular complexity index is 606. The van der Waals surface area contributed by atoms with Gasteiger partial charge in [0.05, 0.1) is 20.8 Å². The van der Waals surface area contributed by atoms with Gasteiger partial charge < -0.3 is 19.2 Å². The minimum absolute atomic E-state index is 0.0906. The quantitative estimate of drug-likeness (QED) is 0.828. The first-order chi connectivity index (χ1) is 10.2. The van der Waals surface area contributed by atoms with Crippen molar-refractivity contribution in [1.29, 1.82) is 0 Å². The lowest BCUT2D eigenvalue weighted by Crippen LogP contribution is -2.18. The monoisotopic (exact) mass is 289 g/mol. The van der Waals surface area contributed by atoms with Gasteiger partial charge in [0.25, 0.3) is 0 Å². The van der Waals surface area contributed by atoms with E-state index in [2.05, 4.69) is 10.1 Å². The summed E-state index contributed by atoms with van der Waals surface area (Å²) in [6.07, 6.45) is 0. The normalized spacial score (nSPS) is 12.0. The third kappa shape index (κ3) is 3.64. The molecule has 1 aromatic carbocycles. The van der Waals surface area contributed by atoms with Crippen molar-refractivity contribution in [3.63, 3.8) is 0 Å². The van der Waals surface area contributed by atoms with Crippen LogP contribution in [0, 0.1) is 0 Å². The van der Waals surface area contributed by atoms with Gasteiger partial charge in [-0.05, 0) is 25.1 Å². The lowest BCUT2D eigenvalue weighted by molar-refractivity contribution is 0.0563. The van der Waals surface area contributed by atoms with Gasteiger partial charge in [-0.2, -0.15) is 0 Å². The number of rotatable bonds is 6. The summed E-state index contributed by atoms with van der Waals surface area (Å²) in [5, 5.41) is 3.33. The van der Waals surface area contributed by atoms with Crippen LogP contribution in [0.2, 0.25) is 0 Å².